The lowest BCUT2D eigenvalue weighted by molar-refractivity contribution is -0.124. The van der Waals surface area contributed by atoms with E-state index >= 15 is 0 Å². The zero-order chi connectivity index (χ0) is 13.9. The Morgan fingerprint density at radius 2 is 1.55 bits per heavy atom. The van der Waals surface area contributed by atoms with Crippen LogP contribution in [0.15, 0.2) is 43.0 Å². The highest BCUT2D eigenvalue weighted by Gasteiger charge is 2.60. The fraction of sp³-hybridized carbons (Fsp3) is 0.250. The van der Waals surface area contributed by atoms with Crippen LogP contribution in [0.5, 0.6) is 0 Å². The first-order chi connectivity index (χ1) is 9.70. The van der Waals surface area contributed by atoms with Crippen LogP contribution in [0.3, 0.4) is 0 Å². The molecule has 4 unspecified atom stereocenters. The van der Waals surface area contributed by atoms with Crippen LogP contribution in [0.1, 0.15) is 5.56 Å². The molecule has 4 rings (SSSR count). The SMILES string of the molecule is C=Cc1ccc(N2C(=O)C3C4C=CC(O4)C3C2=O)cc1. The molecule has 20 heavy (non-hydrogen) atoms. The number of benzene rings is 1. The third-order valence-corrected chi connectivity index (χ3v) is 4.30. The predicted octanol–water partition coefficient (Wildman–Crippen LogP) is 1.77. The quantitative estimate of drug-likeness (QED) is 0.606. The number of carbonyl (C=O) groups excluding carboxylic acids is 2. The summed E-state index contributed by atoms with van der Waals surface area (Å²) in [5.74, 6) is -1.00. The molecule has 2 amide bonds. The van der Waals surface area contributed by atoms with Gasteiger partial charge in [0, 0.05) is 0 Å². The Hall–Kier alpha value is -2.20. The van der Waals surface area contributed by atoms with Gasteiger partial charge in [-0.25, -0.2) is 4.90 Å². The molecule has 3 aliphatic heterocycles. The number of hydrogen-bond donors (Lipinski definition) is 0. The highest BCUT2D eigenvalue weighted by molar-refractivity contribution is 6.23. The number of imide groups is 1. The van der Waals surface area contributed by atoms with Crippen molar-refractivity contribution in [2.75, 3.05) is 4.90 Å². The lowest BCUT2D eigenvalue weighted by atomic mass is 9.85. The van der Waals surface area contributed by atoms with Crippen molar-refractivity contribution in [2.45, 2.75) is 12.2 Å². The van der Waals surface area contributed by atoms with E-state index < -0.39 is 0 Å². The predicted molar refractivity (Wildman–Crippen MR) is 73.8 cm³/mol. The third kappa shape index (κ3) is 1.34. The van der Waals surface area contributed by atoms with Gasteiger partial charge in [0.05, 0.1) is 29.7 Å². The molecule has 100 valence electrons. The van der Waals surface area contributed by atoms with Gasteiger partial charge < -0.3 is 4.74 Å². The molecule has 1 aromatic rings. The van der Waals surface area contributed by atoms with Crippen molar-refractivity contribution in [1.82, 2.24) is 0 Å². The Kier molecular flexibility index (Phi) is 2.26. The van der Waals surface area contributed by atoms with Gasteiger partial charge in [-0.3, -0.25) is 9.59 Å². The Morgan fingerprint density at radius 3 is 2.05 bits per heavy atom. The van der Waals surface area contributed by atoms with Crippen LogP contribution in [0, 0.1) is 11.8 Å². The van der Waals surface area contributed by atoms with Crippen LogP contribution < -0.4 is 4.90 Å². The normalized spacial score (nSPS) is 33.9. The van der Waals surface area contributed by atoms with Crippen LogP contribution in [-0.4, -0.2) is 24.0 Å². The summed E-state index contributed by atoms with van der Waals surface area (Å²) in [7, 11) is 0. The molecule has 0 saturated carbocycles. The van der Waals surface area contributed by atoms with Crippen molar-refractivity contribution in [3.8, 4) is 0 Å². The maximum atomic E-state index is 12.5. The van der Waals surface area contributed by atoms with Gasteiger partial charge in [0.2, 0.25) is 11.8 Å². The second-order valence-electron chi connectivity index (χ2n) is 5.31. The van der Waals surface area contributed by atoms with Gasteiger partial charge in [-0.15, -0.1) is 0 Å². The lowest BCUT2D eigenvalue weighted by Crippen LogP contribution is -2.34. The van der Waals surface area contributed by atoms with E-state index in [1.54, 1.807) is 18.2 Å². The fourth-order valence-corrected chi connectivity index (χ4v) is 3.32. The van der Waals surface area contributed by atoms with Gasteiger partial charge in [-0.05, 0) is 17.7 Å². The van der Waals surface area contributed by atoms with Crippen LogP contribution >= 0.6 is 0 Å². The van der Waals surface area contributed by atoms with Gasteiger partial charge >= 0.3 is 0 Å². The van der Waals surface area contributed by atoms with Gasteiger partial charge in [-0.1, -0.05) is 36.9 Å². The maximum Gasteiger partial charge on any atom is 0.240 e. The van der Waals surface area contributed by atoms with Crippen LogP contribution in [0.25, 0.3) is 6.08 Å². The molecule has 0 aliphatic carbocycles. The molecule has 3 aliphatic rings. The topological polar surface area (TPSA) is 46.6 Å². The molecule has 0 radical (unpaired) electrons. The summed E-state index contributed by atoms with van der Waals surface area (Å²) in [6.07, 6.45) is 5.03. The van der Waals surface area contributed by atoms with Crippen molar-refractivity contribution in [1.29, 1.82) is 0 Å². The first-order valence-electron chi connectivity index (χ1n) is 6.65. The smallest absolute Gasteiger partial charge is 0.240 e. The van der Waals surface area contributed by atoms with Crippen molar-refractivity contribution in [3.63, 3.8) is 0 Å². The van der Waals surface area contributed by atoms with E-state index in [2.05, 4.69) is 6.58 Å². The van der Waals surface area contributed by atoms with Crippen LogP contribution in [-0.2, 0) is 14.3 Å². The molecular formula is C16H13NO3. The van der Waals surface area contributed by atoms with Gasteiger partial charge in [-0.2, -0.15) is 0 Å². The molecule has 2 saturated heterocycles. The summed E-state index contributed by atoms with van der Waals surface area (Å²) < 4.78 is 5.61. The summed E-state index contributed by atoms with van der Waals surface area (Å²) in [5.41, 5.74) is 1.58. The molecule has 2 bridgehead atoms. The number of nitrogens with zero attached hydrogens (tertiary/aromatic N) is 1. The fourth-order valence-electron chi connectivity index (χ4n) is 3.32. The minimum Gasteiger partial charge on any atom is -0.365 e. The van der Waals surface area contributed by atoms with E-state index in [1.165, 1.54) is 4.90 Å². The number of ether oxygens (including phenoxy) is 1. The lowest BCUT2D eigenvalue weighted by Gasteiger charge is -2.17. The van der Waals surface area contributed by atoms with E-state index in [-0.39, 0.29) is 35.9 Å². The molecule has 0 N–H and O–H groups in total. The molecule has 1 aromatic carbocycles. The van der Waals surface area contributed by atoms with Crippen LogP contribution in [0.4, 0.5) is 5.69 Å². The summed E-state index contributed by atoms with van der Waals surface area (Å²) in [4.78, 5) is 26.3. The molecule has 0 spiro atoms. The third-order valence-electron chi connectivity index (χ3n) is 4.30. The number of hydrogen-bond acceptors (Lipinski definition) is 3. The summed E-state index contributed by atoms with van der Waals surface area (Å²) >= 11 is 0. The summed E-state index contributed by atoms with van der Waals surface area (Å²) in [6.45, 7) is 3.69. The van der Waals surface area contributed by atoms with E-state index in [0.29, 0.717) is 5.69 Å². The number of rotatable bonds is 2. The number of anilines is 1. The largest absolute Gasteiger partial charge is 0.365 e. The van der Waals surface area contributed by atoms with E-state index in [1.807, 2.05) is 24.3 Å². The molecular weight excluding hydrogens is 254 g/mol. The van der Waals surface area contributed by atoms with Crippen LogP contribution in [0.2, 0.25) is 0 Å². The van der Waals surface area contributed by atoms with Gasteiger partial charge in [0.15, 0.2) is 0 Å². The standard InChI is InChI=1S/C16H13NO3/c1-2-9-3-5-10(6-4-9)17-15(18)13-11-7-8-12(20-11)14(13)16(17)19/h2-8,11-14H,1H2. The van der Waals surface area contributed by atoms with E-state index in [4.69, 9.17) is 4.74 Å². The molecule has 4 nitrogen and oxygen atoms in total. The zero-order valence-corrected chi connectivity index (χ0v) is 10.7. The summed E-state index contributed by atoms with van der Waals surface area (Å²) in [6, 6.07) is 7.26. The van der Waals surface area contributed by atoms with E-state index in [9.17, 15) is 9.59 Å². The van der Waals surface area contributed by atoms with Crippen molar-refractivity contribution in [2.24, 2.45) is 11.8 Å². The Balaban J connectivity index is 1.71. The number of fused-ring (bicyclic) bond motifs is 5. The average Bonchev–Trinajstić information content (AvgIpc) is 3.14. The van der Waals surface area contributed by atoms with Crippen molar-refractivity contribution < 1.29 is 14.3 Å². The highest BCUT2D eigenvalue weighted by atomic mass is 16.5. The van der Waals surface area contributed by atoms with Crippen molar-refractivity contribution in [3.05, 3.63) is 48.6 Å². The molecule has 0 aromatic heterocycles. The minimum atomic E-state index is -0.350. The maximum absolute atomic E-state index is 12.5. The second kappa shape index (κ2) is 3.90. The number of amides is 2. The van der Waals surface area contributed by atoms with E-state index in [0.717, 1.165) is 5.56 Å². The molecule has 2 fully saturated rings. The number of carbonyl (C=O) groups is 2. The van der Waals surface area contributed by atoms with Gasteiger partial charge in [0.25, 0.3) is 0 Å². The van der Waals surface area contributed by atoms with Crippen molar-refractivity contribution >= 4 is 23.6 Å². The molecule has 4 heteroatoms. The Morgan fingerprint density at radius 1 is 1.00 bits per heavy atom. The molecule has 4 atom stereocenters. The Labute approximate surface area is 116 Å². The first-order valence-corrected chi connectivity index (χ1v) is 6.65. The van der Waals surface area contributed by atoms with Gasteiger partial charge in [0.1, 0.15) is 0 Å². The monoisotopic (exact) mass is 267 g/mol. The average molecular weight is 267 g/mol. The summed E-state index contributed by atoms with van der Waals surface area (Å²) in [5, 5.41) is 0. The Bertz CT molecular complexity index is 616. The minimum absolute atomic E-state index is 0.150. The highest BCUT2D eigenvalue weighted by Crippen LogP contribution is 2.46. The first kappa shape index (κ1) is 11.6. The second-order valence-corrected chi connectivity index (χ2v) is 5.31. The zero-order valence-electron chi connectivity index (χ0n) is 10.7. The molecule has 3 heterocycles.